The minimum Gasteiger partial charge on any atom is -0.364 e. The van der Waals surface area contributed by atoms with Gasteiger partial charge < -0.3 is 15.2 Å². The van der Waals surface area contributed by atoms with Crippen LogP contribution in [0.15, 0.2) is 35.3 Å². The molecule has 0 saturated heterocycles. The zero-order chi connectivity index (χ0) is 26.0. The van der Waals surface area contributed by atoms with Crippen LogP contribution < -0.4 is 10.6 Å². The number of hydrogen-bond donors (Lipinski definition) is 2. The van der Waals surface area contributed by atoms with E-state index in [-0.39, 0.29) is 23.1 Å². The first-order valence-corrected chi connectivity index (χ1v) is 12.6. The molecule has 1 aliphatic carbocycles. The number of anilines is 1. The summed E-state index contributed by atoms with van der Waals surface area (Å²) in [5.74, 6) is 0.478. The first-order chi connectivity index (χ1) is 17.0. The lowest BCUT2D eigenvalue weighted by Gasteiger charge is -2.32. The molecular formula is C27H36N6O3. The average molecular weight is 493 g/mol. The van der Waals surface area contributed by atoms with E-state index in [9.17, 15) is 9.59 Å². The van der Waals surface area contributed by atoms with Gasteiger partial charge in [0.2, 0.25) is 5.91 Å². The van der Waals surface area contributed by atoms with Gasteiger partial charge in [-0.25, -0.2) is 4.98 Å². The Kier molecular flexibility index (Phi) is 7.28. The number of aryl methyl sites for hydroxylation is 2. The summed E-state index contributed by atoms with van der Waals surface area (Å²) in [6.07, 6.45) is 8.70. The number of nitrogens with zero attached hydrogens (tertiary/aromatic N) is 4. The first-order valence-electron chi connectivity index (χ1n) is 12.6. The molecule has 9 nitrogen and oxygen atoms in total. The Balaban J connectivity index is 1.53. The van der Waals surface area contributed by atoms with Crippen LogP contribution in [0.1, 0.15) is 75.0 Å². The Labute approximate surface area is 212 Å². The van der Waals surface area contributed by atoms with Crippen LogP contribution in [-0.2, 0) is 17.3 Å². The van der Waals surface area contributed by atoms with E-state index in [0.717, 1.165) is 42.5 Å². The summed E-state index contributed by atoms with van der Waals surface area (Å²) in [6.45, 7) is 10.1. The lowest BCUT2D eigenvalue weighted by Crippen LogP contribution is -2.49. The average Bonchev–Trinajstić information content (AvgIpc) is 3.46. The fraction of sp³-hybridized carbons (Fsp3) is 0.519. The lowest BCUT2D eigenvalue weighted by molar-refractivity contribution is -0.119. The van der Waals surface area contributed by atoms with Crippen molar-refractivity contribution in [3.05, 3.63) is 47.6 Å². The molecular weight excluding hydrogens is 456 g/mol. The van der Waals surface area contributed by atoms with E-state index in [1.54, 1.807) is 16.9 Å². The molecule has 3 aromatic rings. The maximum absolute atomic E-state index is 13.5. The van der Waals surface area contributed by atoms with Gasteiger partial charge in [0.1, 0.15) is 29.4 Å². The van der Waals surface area contributed by atoms with Crippen LogP contribution in [0.2, 0.25) is 0 Å². The van der Waals surface area contributed by atoms with Gasteiger partial charge in [0, 0.05) is 24.2 Å². The van der Waals surface area contributed by atoms with Crippen molar-refractivity contribution in [2.45, 2.75) is 71.8 Å². The van der Waals surface area contributed by atoms with Gasteiger partial charge in [-0.3, -0.25) is 14.3 Å². The van der Waals surface area contributed by atoms with Crippen LogP contribution in [0.5, 0.6) is 0 Å². The van der Waals surface area contributed by atoms with Crippen LogP contribution in [0.4, 0.5) is 5.82 Å². The number of nitrogens with one attached hydrogen (secondary N) is 2. The van der Waals surface area contributed by atoms with Crippen molar-refractivity contribution in [1.29, 1.82) is 0 Å². The highest BCUT2D eigenvalue weighted by Crippen LogP contribution is 2.32. The van der Waals surface area contributed by atoms with E-state index in [0.29, 0.717) is 23.0 Å². The number of rotatable bonds is 6. The Morgan fingerprint density at radius 3 is 2.44 bits per heavy atom. The third-order valence-electron chi connectivity index (χ3n) is 7.04. The fourth-order valence-corrected chi connectivity index (χ4v) is 4.95. The van der Waals surface area contributed by atoms with E-state index >= 15 is 0 Å². The first kappa shape index (κ1) is 25.6. The monoisotopic (exact) mass is 492 g/mol. The standard InChI is InChI=1S/C27H36N6O3/c1-16-7-9-18(10-8-16)22(31-25(34)20-15-36-32-24(20)27(3,4)5)26(35)30-21-12-11-19(14-28-21)23-17(2)13-29-33(23)6/h11-16,18,22H,7-10H2,1-6H3,(H,31,34)(H,28,30,35). The van der Waals surface area contributed by atoms with Gasteiger partial charge in [0.15, 0.2) is 0 Å². The number of pyridine rings is 1. The molecule has 0 aliphatic heterocycles. The molecule has 0 bridgehead atoms. The molecule has 1 unspecified atom stereocenters. The Morgan fingerprint density at radius 2 is 1.86 bits per heavy atom. The third kappa shape index (κ3) is 5.50. The van der Waals surface area contributed by atoms with E-state index in [1.165, 1.54) is 6.26 Å². The normalized spacial score (nSPS) is 19.1. The summed E-state index contributed by atoms with van der Waals surface area (Å²) in [7, 11) is 1.89. The van der Waals surface area contributed by atoms with Gasteiger partial charge in [0.25, 0.3) is 5.91 Å². The maximum atomic E-state index is 13.5. The molecule has 0 aromatic carbocycles. The van der Waals surface area contributed by atoms with Crippen molar-refractivity contribution >= 4 is 17.6 Å². The molecule has 9 heteroatoms. The van der Waals surface area contributed by atoms with Gasteiger partial charge in [-0.15, -0.1) is 0 Å². The summed E-state index contributed by atoms with van der Waals surface area (Å²) >= 11 is 0. The molecule has 0 radical (unpaired) electrons. The minimum atomic E-state index is -0.687. The Hall–Kier alpha value is -3.49. The highest BCUT2D eigenvalue weighted by molar-refractivity contribution is 6.01. The van der Waals surface area contributed by atoms with Gasteiger partial charge in [0.05, 0.1) is 11.9 Å². The molecule has 0 spiro atoms. The lowest BCUT2D eigenvalue weighted by atomic mass is 9.79. The molecule has 1 saturated carbocycles. The van der Waals surface area contributed by atoms with Gasteiger partial charge in [-0.1, -0.05) is 45.7 Å². The third-order valence-corrected chi connectivity index (χ3v) is 7.04. The van der Waals surface area contributed by atoms with Crippen molar-refractivity contribution < 1.29 is 14.1 Å². The van der Waals surface area contributed by atoms with Crippen molar-refractivity contribution in [2.75, 3.05) is 5.32 Å². The second kappa shape index (κ2) is 10.2. The largest absolute Gasteiger partial charge is 0.364 e. The summed E-state index contributed by atoms with van der Waals surface area (Å²) in [4.78, 5) is 31.2. The zero-order valence-corrected chi connectivity index (χ0v) is 22.0. The SMILES string of the molecule is Cc1cnn(C)c1-c1ccc(NC(=O)C(NC(=O)c2conc2C(C)(C)C)C2CCC(C)CC2)nc1. The molecule has 36 heavy (non-hydrogen) atoms. The summed E-state index contributed by atoms with van der Waals surface area (Å²) in [5, 5.41) is 14.2. The Bertz CT molecular complexity index is 1190. The summed E-state index contributed by atoms with van der Waals surface area (Å²) in [6, 6.07) is 3.00. The molecule has 4 rings (SSSR count). The van der Waals surface area contributed by atoms with Crippen molar-refractivity contribution in [3.8, 4) is 11.3 Å². The smallest absolute Gasteiger partial charge is 0.257 e. The van der Waals surface area contributed by atoms with Gasteiger partial charge in [-0.2, -0.15) is 5.10 Å². The van der Waals surface area contributed by atoms with Crippen molar-refractivity contribution in [1.82, 2.24) is 25.2 Å². The highest BCUT2D eigenvalue weighted by atomic mass is 16.5. The van der Waals surface area contributed by atoms with Crippen LogP contribution in [0, 0.1) is 18.8 Å². The number of carbonyl (C=O) groups is 2. The molecule has 192 valence electrons. The van der Waals surface area contributed by atoms with Crippen LogP contribution in [0.25, 0.3) is 11.3 Å². The molecule has 1 fully saturated rings. The van der Waals surface area contributed by atoms with Gasteiger partial charge in [-0.05, 0) is 49.3 Å². The van der Waals surface area contributed by atoms with E-state index in [4.69, 9.17) is 4.52 Å². The molecule has 2 N–H and O–H groups in total. The van der Waals surface area contributed by atoms with Crippen LogP contribution in [0.3, 0.4) is 0 Å². The number of aromatic nitrogens is 4. The number of carbonyl (C=O) groups excluding carboxylic acids is 2. The predicted molar refractivity (Wildman–Crippen MR) is 137 cm³/mol. The van der Waals surface area contributed by atoms with Crippen molar-refractivity contribution in [2.24, 2.45) is 18.9 Å². The van der Waals surface area contributed by atoms with Crippen LogP contribution >= 0.6 is 0 Å². The predicted octanol–water partition coefficient (Wildman–Crippen LogP) is 4.64. The topological polar surface area (TPSA) is 115 Å². The van der Waals surface area contributed by atoms with E-state index in [2.05, 4.69) is 32.8 Å². The van der Waals surface area contributed by atoms with Gasteiger partial charge >= 0.3 is 0 Å². The van der Waals surface area contributed by atoms with E-state index in [1.807, 2.05) is 47.0 Å². The molecule has 1 atom stereocenters. The fourth-order valence-electron chi connectivity index (χ4n) is 4.95. The second-order valence-electron chi connectivity index (χ2n) is 11.0. The van der Waals surface area contributed by atoms with Crippen molar-refractivity contribution in [3.63, 3.8) is 0 Å². The summed E-state index contributed by atoms with van der Waals surface area (Å²) < 4.78 is 6.92. The number of amides is 2. The minimum absolute atomic E-state index is 0.0412. The molecule has 1 aliphatic rings. The highest BCUT2D eigenvalue weighted by Gasteiger charge is 2.35. The quantitative estimate of drug-likeness (QED) is 0.518. The van der Waals surface area contributed by atoms with Crippen LogP contribution in [-0.4, -0.2) is 37.8 Å². The summed E-state index contributed by atoms with van der Waals surface area (Å²) in [5.41, 5.74) is 3.51. The number of hydrogen-bond acceptors (Lipinski definition) is 6. The zero-order valence-electron chi connectivity index (χ0n) is 22.0. The van der Waals surface area contributed by atoms with E-state index < -0.39 is 6.04 Å². The Morgan fingerprint density at radius 1 is 1.14 bits per heavy atom. The molecule has 2 amide bonds. The molecule has 3 aromatic heterocycles. The molecule has 3 heterocycles. The maximum Gasteiger partial charge on any atom is 0.257 e. The second-order valence-corrected chi connectivity index (χ2v) is 11.0.